The van der Waals surface area contributed by atoms with Crippen LogP contribution in [0.5, 0.6) is 5.75 Å². The topological polar surface area (TPSA) is 109 Å². The molecule has 126 valence electrons. The summed E-state index contributed by atoms with van der Waals surface area (Å²) >= 11 is 0. The highest BCUT2D eigenvalue weighted by Crippen LogP contribution is 2.31. The molecule has 0 aliphatic carbocycles. The van der Waals surface area contributed by atoms with Gasteiger partial charge in [-0.2, -0.15) is 9.37 Å². The first-order valence-corrected chi connectivity index (χ1v) is 6.65. The van der Waals surface area contributed by atoms with Gasteiger partial charge in [-0.05, 0) is 6.07 Å². The Bertz CT molecular complexity index is 839. The van der Waals surface area contributed by atoms with Crippen LogP contribution in [0, 0.1) is 17.5 Å². The van der Waals surface area contributed by atoms with Crippen molar-refractivity contribution < 1.29 is 32.4 Å². The first-order chi connectivity index (χ1) is 11.4. The van der Waals surface area contributed by atoms with E-state index in [4.69, 9.17) is 0 Å². The molecule has 2 amide bonds. The summed E-state index contributed by atoms with van der Waals surface area (Å²) in [6, 6.07) is 0.417. The van der Waals surface area contributed by atoms with Crippen molar-refractivity contribution in [1.82, 2.24) is 20.4 Å². The van der Waals surface area contributed by atoms with Gasteiger partial charge in [0.1, 0.15) is 6.54 Å². The fourth-order valence-electron chi connectivity index (χ4n) is 2.12. The van der Waals surface area contributed by atoms with Crippen LogP contribution in [0.4, 0.5) is 13.2 Å². The lowest BCUT2D eigenvalue weighted by molar-refractivity contribution is -0.123. The minimum absolute atomic E-state index is 0.205. The van der Waals surface area contributed by atoms with Crippen molar-refractivity contribution in [1.29, 1.82) is 0 Å². The second-order valence-corrected chi connectivity index (χ2v) is 4.88. The molecule has 0 unspecified atom stereocenters. The number of hydrogen-bond acceptors (Lipinski definition) is 6. The van der Waals surface area contributed by atoms with Gasteiger partial charge in [-0.1, -0.05) is 5.16 Å². The van der Waals surface area contributed by atoms with Crippen molar-refractivity contribution >= 4 is 11.8 Å². The number of piperazine rings is 1. The minimum atomic E-state index is -1.76. The number of hydrogen-bond donors (Lipinski definition) is 2. The molecule has 2 heterocycles. The molecule has 11 heteroatoms. The van der Waals surface area contributed by atoms with E-state index in [9.17, 15) is 27.9 Å². The molecule has 8 nitrogen and oxygen atoms in total. The second kappa shape index (κ2) is 5.83. The number of phenols is 1. The zero-order valence-electron chi connectivity index (χ0n) is 11.8. The Kier molecular flexibility index (Phi) is 3.83. The minimum Gasteiger partial charge on any atom is -0.503 e. The first-order valence-electron chi connectivity index (χ1n) is 6.65. The molecule has 1 aliphatic rings. The van der Waals surface area contributed by atoms with Crippen LogP contribution in [0.15, 0.2) is 10.6 Å². The van der Waals surface area contributed by atoms with E-state index in [1.54, 1.807) is 0 Å². The molecule has 1 aromatic carbocycles. The van der Waals surface area contributed by atoms with E-state index in [1.165, 1.54) is 0 Å². The molecule has 1 fully saturated rings. The summed E-state index contributed by atoms with van der Waals surface area (Å²) < 4.78 is 44.8. The molecule has 2 N–H and O–H groups in total. The Morgan fingerprint density at radius 2 is 2.08 bits per heavy atom. The SMILES string of the molecule is O=C1CN(C(=O)c2noc(-c3cc(F)c(F)c(O)c3F)n2)CCN1. The van der Waals surface area contributed by atoms with Gasteiger partial charge in [-0.25, -0.2) is 8.78 Å². The highest BCUT2D eigenvalue weighted by atomic mass is 19.2. The third-order valence-electron chi connectivity index (χ3n) is 3.31. The number of nitrogens with zero attached hydrogens (tertiary/aromatic N) is 3. The van der Waals surface area contributed by atoms with E-state index in [0.717, 1.165) is 4.90 Å². The third kappa shape index (κ3) is 2.64. The number of carbonyl (C=O) groups excluding carboxylic acids is 2. The van der Waals surface area contributed by atoms with Crippen molar-refractivity contribution in [2.24, 2.45) is 0 Å². The van der Waals surface area contributed by atoms with Gasteiger partial charge in [0.15, 0.2) is 17.4 Å². The molecule has 2 aromatic rings. The maximum atomic E-state index is 13.8. The number of benzene rings is 1. The summed E-state index contributed by atoms with van der Waals surface area (Å²) in [6.07, 6.45) is 0. The van der Waals surface area contributed by atoms with E-state index in [-0.39, 0.29) is 25.5 Å². The van der Waals surface area contributed by atoms with Crippen LogP contribution in [0.1, 0.15) is 10.6 Å². The Balaban J connectivity index is 1.91. The van der Waals surface area contributed by atoms with E-state index in [2.05, 4.69) is 20.0 Å². The van der Waals surface area contributed by atoms with Gasteiger partial charge in [0.05, 0.1) is 5.56 Å². The molecule has 1 aromatic heterocycles. The van der Waals surface area contributed by atoms with Crippen LogP contribution in [-0.4, -0.2) is 51.6 Å². The van der Waals surface area contributed by atoms with Crippen molar-refractivity contribution in [3.05, 3.63) is 29.3 Å². The number of nitrogens with one attached hydrogen (secondary N) is 1. The summed E-state index contributed by atoms with van der Waals surface area (Å²) in [5, 5.41) is 15.0. The molecule has 0 radical (unpaired) electrons. The highest BCUT2D eigenvalue weighted by Gasteiger charge is 2.28. The molecule has 0 spiro atoms. The van der Waals surface area contributed by atoms with Gasteiger partial charge in [0, 0.05) is 13.1 Å². The van der Waals surface area contributed by atoms with Gasteiger partial charge in [0.2, 0.25) is 11.7 Å². The molecular formula is C13H9F3N4O4. The highest BCUT2D eigenvalue weighted by molar-refractivity contribution is 5.94. The summed E-state index contributed by atoms with van der Waals surface area (Å²) in [4.78, 5) is 28.2. The van der Waals surface area contributed by atoms with Crippen LogP contribution in [0.2, 0.25) is 0 Å². The predicted octanol–water partition coefficient (Wildman–Crippen LogP) is 0.432. The van der Waals surface area contributed by atoms with Gasteiger partial charge < -0.3 is 19.8 Å². The van der Waals surface area contributed by atoms with Crippen LogP contribution >= 0.6 is 0 Å². The Morgan fingerprint density at radius 1 is 1.33 bits per heavy atom. The number of halogens is 3. The molecule has 0 bridgehead atoms. The zero-order valence-corrected chi connectivity index (χ0v) is 11.8. The smallest absolute Gasteiger partial charge is 0.295 e. The third-order valence-corrected chi connectivity index (χ3v) is 3.31. The van der Waals surface area contributed by atoms with Crippen LogP contribution in [0.25, 0.3) is 11.5 Å². The average molecular weight is 342 g/mol. The maximum Gasteiger partial charge on any atom is 0.295 e. The van der Waals surface area contributed by atoms with Crippen molar-refractivity contribution in [3.63, 3.8) is 0 Å². The van der Waals surface area contributed by atoms with E-state index in [0.29, 0.717) is 6.07 Å². The van der Waals surface area contributed by atoms with Crippen LogP contribution < -0.4 is 5.32 Å². The van der Waals surface area contributed by atoms with Crippen molar-refractivity contribution in [2.75, 3.05) is 19.6 Å². The molecule has 3 rings (SSSR count). The van der Waals surface area contributed by atoms with Gasteiger partial charge in [0.25, 0.3) is 17.6 Å². The van der Waals surface area contributed by atoms with Crippen molar-refractivity contribution in [3.8, 4) is 17.2 Å². The van der Waals surface area contributed by atoms with Gasteiger partial charge in [-0.3, -0.25) is 9.59 Å². The lowest BCUT2D eigenvalue weighted by atomic mass is 10.2. The molecule has 1 aliphatic heterocycles. The standard InChI is InChI=1S/C13H9F3N4O4/c14-6-3-5(8(15)10(22)9(6)16)12-18-11(19-24-12)13(23)20-2-1-17-7(21)4-20/h3,22H,1-2,4H2,(H,17,21). The zero-order chi connectivity index (χ0) is 17.4. The molecular weight excluding hydrogens is 333 g/mol. The molecule has 0 atom stereocenters. The fraction of sp³-hybridized carbons (Fsp3) is 0.231. The van der Waals surface area contributed by atoms with E-state index in [1.807, 2.05) is 0 Å². The second-order valence-electron chi connectivity index (χ2n) is 4.88. The number of carbonyl (C=O) groups is 2. The largest absolute Gasteiger partial charge is 0.503 e. The summed E-state index contributed by atoms with van der Waals surface area (Å²) in [6.45, 7) is 0.263. The van der Waals surface area contributed by atoms with Gasteiger partial charge in [-0.15, -0.1) is 0 Å². The summed E-state index contributed by atoms with van der Waals surface area (Å²) in [5.74, 6) is -8.54. The lowest BCUT2D eigenvalue weighted by Crippen LogP contribution is -2.50. The molecule has 0 saturated carbocycles. The maximum absolute atomic E-state index is 13.8. The predicted molar refractivity (Wildman–Crippen MR) is 70.2 cm³/mol. The van der Waals surface area contributed by atoms with E-state index < -0.39 is 46.4 Å². The van der Waals surface area contributed by atoms with E-state index >= 15 is 0 Å². The van der Waals surface area contributed by atoms with Crippen molar-refractivity contribution in [2.45, 2.75) is 0 Å². The normalized spacial score (nSPS) is 14.6. The van der Waals surface area contributed by atoms with Gasteiger partial charge >= 0.3 is 0 Å². The Hall–Kier alpha value is -3.11. The Morgan fingerprint density at radius 3 is 2.79 bits per heavy atom. The molecule has 24 heavy (non-hydrogen) atoms. The summed E-state index contributed by atoms with van der Waals surface area (Å²) in [5.41, 5.74) is -0.700. The number of phenolic OH excluding ortho intramolecular Hbond substituents is 1. The summed E-state index contributed by atoms with van der Waals surface area (Å²) in [7, 11) is 0. The van der Waals surface area contributed by atoms with Crippen LogP contribution in [0.3, 0.4) is 0 Å². The number of amides is 2. The fourth-order valence-corrected chi connectivity index (χ4v) is 2.12. The number of aromatic nitrogens is 2. The monoisotopic (exact) mass is 342 g/mol. The molecule has 1 saturated heterocycles. The lowest BCUT2D eigenvalue weighted by Gasteiger charge is -2.25. The quantitative estimate of drug-likeness (QED) is 0.766. The first kappa shape index (κ1) is 15.8. The Labute approximate surface area is 131 Å². The van der Waals surface area contributed by atoms with Crippen LogP contribution in [-0.2, 0) is 4.79 Å². The number of rotatable bonds is 2. The average Bonchev–Trinajstić information content (AvgIpc) is 3.05. The number of aromatic hydroxyl groups is 1.